The van der Waals surface area contributed by atoms with Gasteiger partial charge in [0, 0.05) is 24.5 Å². The van der Waals surface area contributed by atoms with E-state index < -0.39 is 8.07 Å². The van der Waals surface area contributed by atoms with Crippen LogP contribution in [-0.4, -0.2) is 39.2 Å². The number of likely N-dealkylation sites (tertiary alicyclic amines) is 1. The van der Waals surface area contributed by atoms with Gasteiger partial charge in [0.2, 0.25) is 0 Å². The van der Waals surface area contributed by atoms with E-state index in [1.165, 1.54) is 50.3 Å². The summed E-state index contributed by atoms with van der Waals surface area (Å²) in [7, 11) is -1.60. The Hall–Kier alpha value is -1.58. The topological polar surface area (TPSA) is 6.48 Å². The first-order valence-electron chi connectivity index (χ1n) is 9.37. The summed E-state index contributed by atoms with van der Waals surface area (Å²) in [5.74, 6) is 0. The second-order valence-corrected chi connectivity index (χ2v) is 12.0. The molecule has 1 saturated heterocycles. The first-order chi connectivity index (χ1) is 11.7. The first-order valence-corrected chi connectivity index (χ1v) is 12.4. The van der Waals surface area contributed by atoms with Gasteiger partial charge in [0.05, 0.1) is 0 Å². The normalized spacial score (nSPS) is 19.7. The zero-order valence-corrected chi connectivity index (χ0v) is 16.0. The van der Waals surface area contributed by atoms with E-state index in [2.05, 4.69) is 71.4 Å². The van der Waals surface area contributed by atoms with Crippen LogP contribution in [-0.2, 0) is 0 Å². The average molecular weight is 337 g/mol. The van der Waals surface area contributed by atoms with Crippen LogP contribution in [0.1, 0.15) is 19.3 Å². The molecule has 0 N–H and O–H groups in total. The maximum Gasteiger partial charge on any atom is 0.117 e. The van der Waals surface area contributed by atoms with Gasteiger partial charge in [-0.3, -0.25) is 0 Å². The summed E-state index contributed by atoms with van der Waals surface area (Å²) >= 11 is 0. The summed E-state index contributed by atoms with van der Waals surface area (Å²) in [5, 5.41) is 3.17. The molecule has 2 heterocycles. The van der Waals surface area contributed by atoms with Crippen LogP contribution in [0.15, 0.2) is 48.5 Å². The number of hydrogen-bond donors (Lipinski definition) is 0. The average Bonchev–Trinajstić information content (AvgIpc) is 2.63. The van der Waals surface area contributed by atoms with Crippen LogP contribution in [0.25, 0.3) is 0 Å². The largest absolute Gasteiger partial charge is 0.340 e. The number of nitrogens with zero attached hydrogens (tertiary/aromatic N) is 2. The van der Waals surface area contributed by atoms with Crippen molar-refractivity contribution < 1.29 is 0 Å². The molecule has 126 valence electrons. The number of hydrogen-bond acceptors (Lipinski definition) is 2. The molecule has 0 unspecified atom stereocenters. The van der Waals surface area contributed by atoms with Crippen molar-refractivity contribution in [1.82, 2.24) is 4.90 Å². The monoisotopic (exact) mass is 336 g/mol. The van der Waals surface area contributed by atoms with Gasteiger partial charge in [-0.05, 0) is 48.4 Å². The van der Waals surface area contributed by atoms with Gasteiger partial charge in [0.25, 0.3) is 0 Å². The molecule has 2 aromatic carbocycles. The van der Waals surface area contributed by atoms with Gasteiger partial charge in [-0.1, -0.05) is 55.9 Å². The Morgan fingerprint density at radius 1 is 0.750 bits per heavy atom. The Balaban J connectivity index is 1.69. The van der Waals surface area contributed by atoms with Crippen molar-refractivity contribution in [2.24, 2.45) is 0 Å². The van der Waals surface area contributed by atoms with Crippen LogP contribution < -0.4 is 15.3 Å². The van der Waals surface area contributed by atoms with Crippen LogP contribution >= 0.6 is 0 Å². The van der Waals surface area contributed by atoms with Gasteiger partial charge in [0.1, 0.15) is 8.07 Å². The minimum atomic E-state index is -1.60. The smallest absolute Gasteiger partial charge is 0.117 e. The number of benzene rings is 2. The fourth-order valence-corrected chi connectivity index (χ4v) is 7.45. The SMILES string of the molecule is C[Si]1(C)c2ccccc2N(CCN2CCCCC2)c2ccccc21. The number of anilines is 2. The summed E-state index contributed by atoms with van der Waals surface area (Å²) in [6.07, 6.45) is 4.14. The van der Waals surface area contributed by atoms with Crippen molar-refractivity contribution in [2.75, 3.05) is 31.1 Å². The van der Waals surface area contributed by atoms with Crippen molar-refractivity contribution in [3.8, 4) is 0 Å². The van der Waals surface area contributed by atoms with Crippen molar-refractivity contribution in [2.45, 2.75) is 32.4 Å². The highest BCUT2D eigenvalue weighted by atomic mass is 28.3. The molecule has 0 spiro atoms. The molecule has 0 radical (unpaired) electrons. The van der Waals surface area contributed by atoms with E-state index in [1.54, 1.807) is 10.4 Å². The minimum Gasteiger partial charge on any atom is -0.340 e. The fourth-order valence-electron chi connectivity index (χ4n) is 4.42. The maximum absolute atomic E-state index is 2.64. The fraction of sp³-hybridized carbons (Fsp3) is 0.429. The molecule has 4 rings (SSSR count). The van der Waals surface area contributed by atoms with E-state index in [9.17, 15) is 0 Å². The third-order valence-corrected chi connectivity index (χ3v) is 9.36. The molecule has 0 saturated carbocycles. The lowest BCUT2D eigenvalue weighted by Gasteiger charge is -2.41. The predicted octanol–water partition coefficient (Wildman–Crippen LogP) is 3.45. The molecule has 0 amide bonds. The van der Waals surface area contributed by atoms with Gasteiger partial charge >= 0.3 is 0 Å². The Kier molecular flexibility index (Phi) is 4.23. The predicted molar refractivity (Wildman–Crippen MR) is 107 cm³/mol. The summed E-state index contributed by atoms with van der Waals surface area (Å²) < 4.78 is 0. The Labute approximate surface area is 147 Å². The molecule has 1 fully saturated rings. The van der Waals surface area contributed by atoms with Crippen LogP contribution in [0, 0.1) is 0 Å². The Morgan fingerprint density at radius 3 is 1.88 bits per heavy atom. The summed E-state index contributed by atoms with van der Waals surface area (Å²) in [6.45, 7) is 9.80. The van der Waals surface area contributed by atoms with Crippen molar-refractivity contribution in [3.05, 3.63) is 48.5 Å². The van der Waals surface area contributed by atoms with Gasteiger partial charge in [-0.25, -0.2) is 0 Å². The molecule has 2 aliphatic heterocycles. The van der Waals surface area contributed by atoms with Crippen LogP contribution in [0.2, 0.25) is 13.1 Å². The van der Waals surface area contributed by atoms with E-state index in [4.69, 9.17) is 0 Å². The van der Waals surface area contributed by atoms with Crippen LogP contribution in [0.5, 0.6) is 0 Å². The van der Waals surface area contributed by atoms with Crippen LogP contribution in [0.3, 0.4) is 0 Å². The number of para-hydroxylation sites is 2. The molecule has 0 atom stereocenters. The minimum absolute atomic E-state index is 1.10. The third kappa shape index (κ3) is 2.70. The van der Waals surface area contributed by atoms with E-state index in [0.29, 0.717) is 0 Å². The second-order valence-electron chi connectivity index (χ2n) is 7.71. The molecule has 0 aliphatic carbocycles. The van der Waals surface area contributed by atoms with Gasteiger partial charge in [-0.2, -0.15) is 0 Å². The zero-order chi connectivity index (χ0) is 16.6. The van der Waals surface area contributed by atoms with Crippen molar-refractivity contribution >= 4 is 29.8 Å². The van der Waals surface area contributed by atoms with Gasteiger partial charge in [0.15, 0.2) is 0 Å². The number of piperidine rings is 1. The van der Waals surface area contributed by atoms with Crippen molar-refractivity contribution in [3.63, 3.8) is 0 Å². The lowest BCUT2D eigenvalue weighted by Crippen LogP contribution is -2.59. The van der Waals surface area contributed by atoms with E-state index >= 15 is 0 Å². The number of fused-ring (bicyclic) bond motifs is 2. The summed E-state index contributed by atoms with van der Waals surface area (Å²) in [5.41, 5.74) is 2.90. The molecular formula is C21H28N2Si. The maximum atomic E-state index is 2.64. The highest BCUT2D eigenvalue weighted by molar-refractivity contribution is 7.02. The van der Waals surface area contributed by atoms with E-state index in [-0.39, 0.29) is 0 Å². The van der Waals surface area contributed by atoms with Crippen molar-refractivity contribution in [1.29, 1.82) is 0 Å². The van der Waals surface area contributed by atoms with Crippen LogP contribution in [0.4, 0.5) is 11.4 Å². The standard InChI is InChI=1S/C21H28N2Si/c1-24(2)20-12-6-4-10-18(20)23(19-11-5-7-13-21(19)24)17-16-22-14-8-3-9-15-22/h4-7,10-13H,3,8-9,14-17H2,1-2H3. The molecule has 24 heavy (non-hydrogen) atoms. The first kappa shape index (κ1) is 15.9. The van der Waals surface area contributed by atoms with E-state index in [1.807, 2.05) is 0 Å². The highest BCUT2D eigenvalue weighted by Gasteiger charge is 2.37. The van der Waals surface area contributed by atoms with Gasteiger partial charge < -0.3 is 9.80 Å². The van der Waals surface area contributed by atoms with Gasteiger partial charge in [-0.15, -0.1) is 0 Å². The molecular weight excluding hydrogens is 308 g/mol. The second kappa shape index (κ2) is 6.38. The highest BCUT2D eigenvalue weighted by Crippen LogP contribution is 2.31. The molecule has 0 aromatic heterocycles. The molecule has 2 aliphatic rings. The summed E-state index contributed by atoms with van der Waals surface area (Å²) in [4.78, 5) is 5.23. The molecule has 2 nitrogen and oxygen atoms in total. The lowest BCUT2D eigenvalue weighted by atomic mass is 10.1. The van der Waals surface area contributed by atoms with E-state index in [0.717, 1.165) is 6.54 Å². The number of rotatable bonds is 3. The summed E-state index contributed by atoms with van der Waals surface area (Å²) in [6, 6.07) is 18.2. The Bertz CT molecular complexity index is 670. The third-order valence-electron chi connectivity index (χ3n) is 5.82. The molecule has 0 bridgehead atoms. The lowest BCUT2D eigenvalue weighted by molar-refractivity contribution is 0.235. The molecule has 2 aromatic rings. The Morgan fingerprint density at radius 2 is 1.29 bits per heavy atom. The molecule has 3 heteroatoms. The zero-order valence-electron chi connectivity index (χ0n) is 15.0. The quantitative estimate of drug-likeness (QED) is 0.792.